The molecule has 2 unspecified atom stereocenters. The van der Waals surface area contributed by atoms with Gasteiger partial charge >= 0.3 is 0 Å². The van der Waals surface area contributed by atoms with E-state index in [1.54, 1.807) is 0 Å². The first-order valence-electron chi connectivity index (χ1n) is 7.23. The number of amides is 1. The van der Waals surface area contributed by atoms with Gasteiger partial charge in [0.05, 0.1) is 0 Å². The summed E-state index contributed by atoms with van der Waals surface area (Å²) in [4.78, 5) is 17.2. The molecule has 0 aromatic carbocycles. The summed E-state index contributed by atoms with van der Waals surface area (Å²) >= 11 is 0. The van der Waals surface area contributed by atoms with E-state index in [4.69, 9.17) is 0 Å². The van der Waals surface area contributed by atoms with E-state index in [1.165, 1.54) is 19.3 Å². The molecule has 4 aliphatic rings. The van der Waals surface area contributed by atoms with Gasteiger partial charge in [0.15, 0.2) is 0 Å². The molecule has 1 saturated carbocycles. The molecule has 2 bridgehead atoms. The van der Waals surface area contributed by atoms with E-state index >= 15 is 0 Å². The summed E-state index contributed by atoms with van der Waals surface area (Å²) in [5.41, 5.74) is 0. The summed E-state index contributed by atoms with van der Waals surface area (Å²) in [7, 11) is 0. The Morgan fingerprint density at radius 1 is 1.12 bits per heavy atom. The average molecular weight is 236 g/mol. The van der Waals surface area contributed by atoms with Crippen molar-refractivity contribution in [2.24, 2.45) is 5.92 Å². The highest BCUT2D eigenvalue weighted by atomic mass is 16.2. The monoisotopic (exact) mass is 236 g/mol. The van der Waals surface area contributed by atoms with Crippen LogP contribution >= 0.6 is 0 Å². The average Bonchev–Trinajstić information content (AvgIpc) is 2.82. The van der Waals surface area contributed by atoms with Crippen molar-refractivity contribution in [1.29, 1.82) is 0 Å². The highest BCUT2D eigenvalue weighted by Crippen LogP contribution is 2.37. The topological polar surface area (TPSA) is 23.6 Å². The van der Waals surface area contributed by atoms with Gasteiger partial charge in [0.1, 0.15) is 0 Å². The van der Waals surface area contributed by atoms with Crippen molar-refractivity contribution in [3.8, 4) is 0 Å². The summed E-state index contributed by atoms with van der Waals surface area (Å²) in [5, 5.41) is 0. The Labute approximate surface area is 104 Å². The summed E-state index contributed by atoms with van der Waals surface area (Å²) in [6.07, 6.45) is 6.06. The van der Waals surface area contributed by atoms with Crippen LogP contribution in [0.1, 0.15) is 46.0 Å². The molecule has 3 heterocycles. The normalized spacial score (nSPS) is 34.2. The van der Waals surface area contributed by atoms with Gasteiger partial charge in [-0.25, -0.2) is 0 Å². The standard InChI is InChI=1S/C14H24N2O/c1-10(2)15-8-12-7-13(9-15)16(12)14(17)11-5-3-4-6-11/h10-13H,3-9H2,1-2H3. The third kappa shape index (κ3) is 1.88. The van der Waals surface area contributed by atoms with E-state index in [0.29, 0.717) is 30.0 Å². The molecule has 4 rings (SSSR count). The highest BCUT2D eigenvalue weighted by molar-refractivity contribution is 5.80. The molecule has 17 heavy (non-hydrogen) atoms. The molecule has 3 nitrogen and oxygen atoms in total. The summed E-state index contributed by atoms with van der Waals surface area (Å²) in [6, 6.07) is 1.69. The van der Waals surface area contributed by atoms with Crippen molar-refractivity contribution in [2.45, 2.75) is 64.1 Å². The fourth-order valence-electron chi connectivity index (χ4n) is 3.81. The minimum atomic E-state index is 0.367. The zero-order valence-electron chi connectivity index (χ0n) is 11.1. The highest BCUT2D eigenvalue weighted by Gasteiger charge is 2.48. The van der Waals surface area contributed by atoms with Crippen molar-refractivity contribution < 1.29 is 4.79 Å². The lowest BCUT2D eigenvalue weighted by atomic mass is 9.85. The van der Waals surface area contributed by atoms with Gasteiger partial charge in [0, 0.05) is 37.1 Å². The predicted octanol–water partition coefficient (Wildman–Crippen LogP) is 1.87. The minimum Gasteiger partial charge on any atom is -0.334 e. The van der Waals surface area contributed by atoms with Gasteiger partial charge in [-0.15, -0.1) is 0 Å². The van der Waals surface area contributed by atoms with E-state index in [-0.39, 0.29) is 0 Å². The molecule has 0 N–H and O–H groups in total. The van der Waals surface area contributed by atoms with E-state index in [9.17, 15) is 4.79 Å². The lowest BCUT2D eigenvalue weighted by Gasteiger charge is -2.58. The Balaban J connectivity index is 1.62. The van der Waals surface area contributed by atoms with Gasteiger partial charge < -0.3 is 4.90 Å². The van der Waals surface area contributed by atoms with E-state index < -0.39 is 0 Å². The Bertz CT molecular complexity index is 297. The second kappa shape index (κ2) is 4.27. The lowest BCUT2D eigenvalue weighted by molar-refractivity contribution is -0.159. The Morgan fingerprint density at radius 3 is 2.24 bits per heavy atom. The van der Waals surface area contributed by atoms with Crippen LogP contribution in [0.5, 0.6) is 0 Å². The number of carbonyl (C=O) groups excluding carboxylic acids is 1. The Kier molecular flexibility index (Phi) is 2.89. The smallest absolute Gasteiger partial charge is 0.226 e. The SMILES string of the molecule is CC(C)N1CC2CC(C1)N2C(=O)C1CCCC1. The first-order chi connectivity index (χ1) is 8.16. The summed E-state index contributed by atoms with van der Waals surface area (Å²) in [5.74, 6) is 0.845. The fraction of sp³-hybridized carbons (Fsp3) is 0.929. The molecule has 0 radical (unpaired) electrons. The Hall–Kier alpha value is -0.570. The van der Waals surface area contributed by atoms with Crippen LogP contribution in [0, 0.1) is 5.92 Å². The van der Waals surface area contributed by atoms with Crippen molar-refractivity contribution in [1.82, 2.24) is 9.80 Å². The Morgan fingerprint density at radius 2 is 1.71 bits per heavy atom. The molecule has 3 saturated heterocycles. The quantitative estimate of drug-likeness (QED) is 0.731. The molecule has 3 aliphatic heterocycles. The number of piperidine rings is 1. The maximum absolute atomic E-state index is 12.4. The maximum atomic E-state index is 12.4. The van der Waals surface area contributed by atoms with Crippen molar-refractivity contribution in [3.05, 3.63) is 0 Å². The van der Waals surface area contributed by atoms with E-state index in [1.807, 2.05) is 0 Å². The summed E-state index contributed by atoms with van der Waals surface area (Å²) in [6.45, 7) is 6.72. The number of hydrogen-bond acceptors (Lipinski definition) is 2. The number of carbonyl (C=O) groups is 1. The second-order valence-electron chi connectivity index (χ2n) is 6.32. The number of piperazine rings is 1. The van der Waals surface area contributed by atoms with E-state index in [0.717, 1.165) is 25.9 Å². The molecular weight excluding hydrogens is 212 g/mol. The first-order valence-corrected chi connectivity index (χ1v) is 7.23. The lowest BCUT2D eigenvalue weighted by Crippen LogP contribution is -2.71. The predicted molar refractivity (Wildman–Crippen MR) is 67.7 cm³/mol. The number of rotatable bonds is 2. The van der Waals surface area contributed by atoms with Crippen LogP contribution in [0.25, 0.3) is 0 Å². The van der Waals surface area contributed by atoms with Crippen molar-refractivity contribution in [3.63, 3.8) is 0 Å². The molecule has 0 spiro atoms. The van der Waals surface area contributed by atoms with E-state index in [2.05, 4.69) is 23.6 Å². The molecule has 0 aromatic heterocycles. The molecule has 2 atom stereocenters. The van der Waals surface area contributed by atoms with Crippen molar-refractivity contribution in [2.75, 3.05) is 13.1 Å². The number of fused-ring (bicyclic) bond motifs is 2. The second-order valence-corrected chi connectivity index (χ2v) is 6.32. The molecule has 1 aliphatic carbocycles. The summed E-state index contributed by atoms with van der Waals surface area (Å²) < 4.78 is 0. The van der Waals surface area contributed by atoms with Gasteiger partial charge in [-0.2, -0.15) is 0 Å². The third-order valence-corrected chi connectivity index (χ3v) is 4.91. The third-order valence-electron chi connectivity index (χ3n) is 4.91. The zero-order chi connectivity index (χ0) is 12.0. The van der Waals surface area contributed by atoms with Gasteiger partial charge in [-0.1, -0.05) is 12.8 Å². The molecule has 4 fully saturated rings. The van der Waals surface area contributed by atoms with Crippen LogP contribution in [0.15, 0.2) is 0 Å². The van der Waals surface area contributed by atoms with Crippen LogP contribution in [-0.4, -0.2) is 46.9 Å². The van der Waals surface area contributed by atoms with Crippen LogP contribution in [0.3, 0.4) is 0 Å². The molecular formula is C14H24N2O. The van der Waals surface area contributed by atoms with Crippen LogP contribution < -0.4 is 0 Å². The first kappa shape index (κ1) is 11.5. The van der Waals surface area contributed by atoms with Crippen LogP contribution in [0.2, 0.25) is 0 Å². The molecule has 0 aromatic rings. The fourth-order valence-corrected chi connectivity index (χ4v) is 3.81. The molecule has 96 valence electrons. The van der Waals surface area contributed by atoms with Crippen LogP contribution in [-0.2, 0) is 4.79 Å². The minimum absolute atomic E-state index is 0.367. The van der Waals surface area contributed by atoms with Gasteiger partial charge in [-0.3, -0.25) is 9.69 Å². The largest absolute Gasteiger partial charge is 0.334 e. The van der Waals surface area contributed by atoms with Crippen LogP contribution in [0.4, 0.5) is 0 Å². The van der Waals surface area contributed by atoms with Gasteiger partial charge in [0.2, 0.25) is 5.91 Å². The number of hydrogen-bond donors (Lipinski definition) is 0. The van der Waals surface area contributed by atoms with Gasteiger partial charge in [0.25, 0.3) is 0 Å². The maximum Gasteiger partial charge on any atom is 0.226 e. The van der Waals surface area contributed by atoms with Gasteiger partial charge in [-0.05, 0) is 33.1 Å². The molecule has 3 heteroatoms. The number of nitrogens with zero attached hydrogens (tertiary/aromatic N) is 2. The zero-order valence-corrected chi connectivity index (χ0v) is 11.1. The molecule has 1 amide bonds. The van der Waals surface area contributed by atoms with Crippen molar-refractivity contribution >= 4 is 5.91 Å².